The molecule has 0 saturated heterocycles. The average molecular weight is 299 g/mol. The molecule has 0 bridgehead atoms. The van der Waals surface area contributed by atoms with Crippen LogP contribution in [0, 0.1) is 10.1 Å². The largest absolute Gasteiger partial charge is 0.405 e. The number of anilines is 1. The minimum atomic E-state index is -4.55. The van der Waals surface area contributed by atoms with Crippen LogP contribution in [0.4, 0.5) is 24.5 Å². The summed E-state index contributed by atoms with van der Waals surface area (Å²) in [6, 6.07) is 3.69. The van der Waals surface area contributed by atoms with E-state index in [1.165, 1.54) is 12.1 Å². The van der Waals surface area contributed by atoms with Crippen LogP contribution in [0.3, 0.4) is 0 Å². The molecule has 0 fully saturated rings. The molecule has 0 unspecified atom stereocenters. The summed E-state index contributed by atoms with van der Waals surface area (Å²) in [7, 11) is 0. The topological polar surface area (TPSA) is 66.6 Å². The minimum Gasteiger partial charge on any atom is -0.395 e. The van der Waals surface area contributed by atoms with Gasteiger partial charge in [-0.2, -0.15) is 13.2 Å². The molecule has 1 aromatic carbocycles. The van der Waals surface area contributed by atoms with E-state index in [9.17, 15) is 23.3 Å². The van der Waals surface area contributed by atoms with Crippen LogP contribution in [0.25, 0.3) is 0 Å². The van der Waals surface area contributed by atoms with Gasteiger partial charge in [0.1, 0.15) is 17.3 Å². The van der Waals surface area contributed by atoms with Crippen LogP contribution in [0.5, 0.6) is 0 Å². The lowest BCUT2D eigenvalue weighted by atomic mass is 10.2. The molecule has 19 heavy (non-hydrogen) atoms. The van der Waals surface area contributed by atoms with Gasteiger partial charge in [-0.05, 0) is 12.1 Å². The van der Waals surface area contributed by atoms with Crippen LogP contribution in [-0.4, -0.2) is 35.9 Å². The average Bonchev–Trinajstić information content (AvgIpc) is 2.25. The van der Waals surface area contributed by atoms with E-state index >= 15 is 0 Å². The van der Waals surface area contributed by atoms with E-state index in [1.807, 2.05) is 0 Å². The van der Waals surface area contributed by atoms with Crippen LogP contribution >= 0.6 is 11.6 Å². The molecule has 0 saturated carbocycles. The Morgan fingerprint density at radius 3 is 2.53 bits per heavy atom. The fraction of sp³-hybridized carbons (Fsp3) is 0.400. The second-order valence-corrected chi connectivity index (χ2v) is 4.03. The van der Waals surface area contributed by atoms with Gasteiger partial charge in [0.2, 0.25) is 0 Å². The lowest BCUT2D eigenvalue weighted by Crippen LogP contribution is -2.36. The van der Waals surface area contributed by atoms with Gasteiger partial charge in [0.25, 0.3) is 0 Å². The van der Waals surface area contributed by atoms with Gasteiger partial charge in [-0.1, -0.05) is 17.7 Å². The number of hydrogen-bond donors (Lipinski definition) is 1. The summed E-state index contributed by atoms with van der Waals surface area (Å²) in [6.07, 6.45) is -4.55. The zero-order chi connectivity index (χ0) is 14.6. The number of halogens is 4. The summed E-state index contributed by atoms with van der Waals surface area (Å²) < 4.78 is 37.3. The molecule has 0 aromatic heterocycles. The van der Waals surface area contributed by atoms with Gasteiger partial charge >= 0.3 is 11.9 Å². The molecule has 1 rings (SSSR count). The number of aliphatic hydroxyl groups is 1. The van der Waals surface area contributed by atoms with E-state index in [1.54, 1.807) is 0 Å². The molecule has 0 heterocycles. The Balaban J connectivity index is 3.22. The number of para-hydroxylation sites is 1. The van der Waals surface area contributed by atoms with Crippen molar-refractivity contribution in [3.05, 3.63) is 33.3 Å². The van der Waals surface area contributed by atoms with Crippen molar-refractivity contribution in [3.8, 4) is 0 Å². The summed E-state index contributed by atoms with van der Waals surface area (Å²) in [4.78, 5) is 10.7. The molecule has 0 amide bonds. The first-order chi connectivity index (χ1) is 8.76. The van der Waals surface area contributed by atoms with Gasteiger partial charge < -0.3 is 10.0 Å². The van der Waals surface area contributed by atoms with E-state index in [-0.39, 0.29) is 17.3 Å². The van der Waals surface area contributed by atoms with Crippen LogP contribution in [0.15, 0.2) is 18.2 Å². The number of hydrogen-bond acceptors (Lipinski definition) is 4. The van der Waals surface area contributed by atoms with E-state index in [0.29, 0.717) is 4.90 Å². The van der Waals surface area contributed by atoms with Crippen LogP contribution in [-0.2, 0) is 0 Å². The maximum Gasteiger partial charge on any atom is 0.405 e. The lowest BCUT2D eigenvalue weighted by Gasteiger charge is -2.24. The Morgan fingerprint density at radius 2 is 2.05 bits per heavy atom. The maximum atomic E-state index is 12.4. The predicted molar refractivity (Wildman–Crippen MR) is 63.5 cm³/mol. The molecule has 0 aliphatic rings. The van der Waals surface area contributed by atoms with Gasteiger partial charge in [-0.15, -0.1) is 0 Å². The number of nitrogens with zero attached hydrogens (tertiary/aromatic N) is 2. The molecule has 0 radical (unpaired) electrons. The van der Waals surface area contributed by atoms with Crippen molar-refractivity contribution in [2.45, 2.75) is 6.18 Å². The van der Waals surface area contributed by atoms with Crippen molar-refractivity contribution in [3.63, 3.8) is 0 Å². The quantitative estimate of drug-likeness (QED) is 0.670. The SMILES string of the molecule is O=[N+]([O-])c1c(Cl)cccc1N(CCO)CC(F)(F)F. The smallest absolute Gasteiger partial charge is 0.395 e. The number of aliphatic hydroxyl groups excluding tert-OH is 1. The molecular weight excluding hydrogens is 289 g/mol. The van der Waals surface area contributed by atoms with Gasteiger partial charge in [0, 0.05) is 6.54 Å². The van der Waals surface area contributed by atoms with Crippen molar-refractivity contribution in [2.24, 2.45) is 0 Å². The zero-order valence-electron chi connectivity index (χ0n) is 9.52. The highest BCUT2D eigenvalue weighted by atomic mass is 35.5. The highest BCUT2D eigenvalue weighted by molar-refractivity contribution is 6.33. The molecule has 0 atom stereocenters. The molecule has 0 aliphatic heterocycles. The van der Waals surface area contributed by atoms with E-state index in [0.717, 1.165) is 6.07 Å². The third kappa shape index (κ3) is 4.25. The zero-order valence-corrected chi connectivity index (χ0v) is 10.3. The third-order valence-corrected chi connectivity index (χ3v) is 2.53. The van der Waals surface area contributed by atoms with Crippen LogP contribution in [0.2, 0.25) is 5.02 Å². The third-order valence-electron chi connectivity index (χ3n) is 2.23. The predicted octanol–water partition coefficient (Wildman–Crippen LogP) is 2.61. The standard InChI is InChI=1S/C10H10ClF3N2O3/c11-7-2-1-3-8(9(7)16(18)19)15(4-5-17)6-10(12,13)14/h1-3,17H,4-6H2. The first-order valence-electron chi connectivity index (χ1n) is 5.11. The highest BCUT2D eigenvalue weighted by Crippen LogP contribution is 2.36. The van der Waals surface area contributed by atoms with Gasteiger partial charge in [-0.25, -0.2) is 0 Å². The van der Waals surface area contributed by atoms with Gasteiger partial charge in [0.15, 0.2) is 0 Å². The fourth-order valence-corrected chi connectivity index (χ4v) is 1.80. The van der Waals surface area contributed by atoms with Crippen LogP contribution < -0.4 is 4.90 Å². The monoisotopic (exact) mass is 298 g/mol. The second-order valence-electron chi connectivity index (χ2n) is 3.63. The van der Waals surface area contributed by atoms with Gasteiger partial charge in [-0.3, -0.25) is 10.1 Å². The number of alkyl halides is 3. The molecule has 0 spiro atoms. The summed E-state index contributed by atoms with van der Waals surface area (Å²) in [5, 5.41) is 19.4. The second kappa shape index (κ2) is 6.07. The summed E-state index contributed by atoms with van der Waals surface area (Å²) in [5.74, 6) is 0. The molecule has 1 N–H and O–H groups in total. The molecule has 5 nitrogen and oxygen atoms in total. The van der Waals surface area contributed by atoms with Crippen molar-refractivity contribution in [1.29, 1.82) is 0 Å². The molecule has 106 valence electrons. The van der Waals surface area contributed by atoms with Crippen molar-refractivity contribution in [2.75, 3.05) is 24.6 Å². The molecule has 1 aromatic rings. The summed E-state index contributed by atoms with van der Waals surface area (Å²) >= 11 is 5.63. The van der Waals surface area contributed by atoms with Crippen molar-refractivity contribution >= 4 is 23.0 Å². The normalized spacial score (nSPS) is 11.4. The molecule has 0 aliphatic carbocycles. The summed E-state index contributed by atoms with van der Waals surface area (Å²) in [6.45, 7) is -2.37. The molecular formula is C10H10ClF3N2O3. The Bertz CT molecular complexity index is 468. The maximum absolute atomic E-state index is 12.4. The summed E-state index contributed by atoms with van der Waals surface area (Å²) in [5.41, 5.74) is -0.884. The van der Waals surface area contributed by atoms with Gasteiger partial charge in [0.05, 0.1) is 11.5 Å². The molecule has 9 heteroatoms. The number of rotatable bonds is 5. The van der Waals surface area contributed by atoms with E-state index in [4.69, 9.17) is 16.7 Å². The number of nitro groups is 1. The van der Waals surface area contributed by atoms with E-state index in [2.05, 4.69) is 0 Å². The fourth-order valence-electron chi connectivity index (χ4n) is 1.56. The first kappa shape index (κ1) is 15.5. The first-order valence-corrected chi connectivity index (χ1v) is 5.49. The Hall–Kier alpha value is -1.54. The minimum absolute atomic E-state index is 0.257. The highest BCUT2D eigenvalue weighted by Gasteiger charge is 2.33. The number of nitro benzene ring substituents is 1. The van der Waals surface area contributed by atoms with E-state index < -0.39 is 29.9 Å². The lowest BCUT2D eigenvalue weighted by molar-refractivity contribution is -0.384. The Labute approximate surface area is 111 Å². The Morgan fingerprint density at radius 1 is 1.42 bits per heavy atom. The number of benzene rings is 1. The Kier molecular flexibility index (Phi) is 4.96. The van der Waals surface area contributed by atoms with Crippen molar-refractivity contribution in [1.82, 2.24) is 0 Å². The van der Waals surface area contributed by atoms with Crippen molar-refractivity contribution < 1.29 is 23.2 Å². The van der Waals surface area contributed by atoms with Crippen LogP contribution in [0.1, 0.15) is 0 Å².